The molecule has 0 saturated heterocycles. The number of hydrogen-bond acceptors (Lipinski definition) is 2. The summed E-state index contributed by atoms with van der Waals surface area (Å²) in [6.07, 6.45) is 2.01. The van der Waals surface area contributed by atoms with Crippen LogP contribution in [0.25, 0.3) is 0 Å². The third kappa shape index (κ3) is 3.86. The minimum Gasteiger partial charge on any atom is -0.494 e. The maximum absolute atomic E-state index is 8.86. The number of nitrogens with zero attached hydrogens (tertiary/aromatic N) is 1. The molecule has 0 bridgehead atoms. The lowest BCUT2D eigenvalue weighted by Gasteiger charge is -2.07. The van der Waals surface area contributed by atoms with Gasteiger partial charge < -0.3 is 4.74 Å². The van der Waals surface area contributed by atoms with Gasteiger partial charge in [0, 0.05) is 0 Å². The fraction of sp³-hybridized carbons (Fsp3) is 0.235. The van der Waals surface area contributed by atoms with Gasteiger partial charge in [-0.1, -0.05) is 30.3 Å². The van der Waals surface area contributed by atoms with Gasteiger partial charge in [0.15, 0.2) is 0 Å². The SMILES string of the molecule is Cc1cc(OCCCc2ccccc2)ccc1C#N. The fourth-order valence-corrected chi connectivity index (χ4v) is 1.96. The molecule has 0 N–H and O–H groups in total. The summed E-state index contributed by atoms with van der Waals surface area (Å²) in [6, 6.07) is 18.1. The van der Waals surface area contributed by atoms with E-state index in [1.54, 1.807) is 0 Å². The van der Waals surface area contributed by atoms with Crippen molar-refractivity contribution in [1.29, 1.82) is 5.26 Å². The van der Waals surface area contributed by atoms with Crippen LogP contribution in [-0.2, 0) is 6.42 Å². The Balaban J connectivity index is 1.80. The van der Waals surface area contributed by atoms with E-state index < -0.39 is 0 Å². The molecule has 0 fully saturated rings. The monoisotopic (exact) mass is 251 g/mol. The molecule has 2 aromatic rings. The highest BCUT2D eigenvalue weighted by molar-refractivity contribution is 5.41. The third-order valence-corrected chi connectivity index (χ3v) is 3.04. The first-order valence-electron chi connectivity index (χ1n) is 6.47. The van der Waals surface area contributed by atoms with Gasteiger partial charge in [-0.2, -0.15) is 5.26 Å². The number of aryl methyl sites for hydroxylation is 2. The number of hydrogen-bond donors (Lipinski definition) is 0. The molecule has 0 aliphatic heterocycles. The van der Waals surface area contributed by atoms with Crippen LogP contribution in [0.5, 0.6) is 5.75 Å². The average molecular weight is 251 g/mol. The van der Waals surface area contributed by atoms with Gasteiger partial charge in [0.25, 0.3) is 0 Å². The highest BCUT2D eigenvalue weighted by Gasteiger charge is 2.00. The lowest BCUT2D eigenvalue weighted by Crippen LogP contribution is -1.99. The van der Waals surface area contributed by atoms with Crippen molar-refractivity contribution in [2.45, 2.75) is 19.8 Å². The van der Waals surface area contributed by atoms with Crippen LogP contribution < -0.4 is 4.74 Å². The molecule has 0 aliphatic rings. The Hall–Kier alpha value is -2.27. The molecular weight excluding hydrogens is 234 g/mol. The Morgan fingerprint density at radius 3 is 2.58 bits per heavy atom. The number of rotatable bonds is 5. The quantitative estimate of drug-likeness (QED) is 0.755. The molecular formula is C17H17NO. The summed E-state index contributed by atoms with van der Waals surface area (Å²) in [7, 11) is 0. The van der Waals surface area contributed by atoms with E-state index in [-0.39, 0.29) is 0 Å². The maximum atomic E-state index is 8.86. The molecule has 0 unspecified atom stereocenters. The largest absolute Gasteiger partial charge is 0.494 e. The summed E-state index contributed by atoms with van der Waals surface area (Å²) in [6.45, 7) is 2.62. The predicted molar refractivity (Wildman–Crippen MR) is 76.2 cm³/mol. The first-order valence-corrected chi connectivity index (χ1v) is 6.47. The van der Waals surface area contributed by atoms with Crippen LogP contribution in [0, 0.1) is 18.3 Å². The number of ether oxygens (including phenoxy) is 1. The number of benzene rings is 2. The highest BCUT2D eigenvalue weighted by atomic mass is 16.5. The fourth-order valence-electron chi connectivity index (χ4n) is 1.96. The lowest BCUT2D eigenvalue weighted by atomic mass is 10.1. The Labute approximate surface area is 114 Å². The molecule has 2 rings (SSSR count). The summed E-state index contributed by atoms with van der Waals surface area (Å²) in [4.78, 5) is 0. The van der Waals surface area contributed by atoms with E-state index in [0.717, 1.165) is 24.2 Å². The standard InChI is InChI=1S/C17H17NO/c1-14-12-17(10-9-16(14)13-18)19-11-5-8-15-6-3-2-4-7-15/h2-4,6-7,9-10,12H,5,8,11H2,1H3. The second-order valence-electron chi connectivity index (χ2n) is 4.53. The molecule has 0 saturated carbocycles. The van der Waals surface area contributed by atoms with Crippen molar-refractivity contribution in [2.24, 2.45) is 0 Å². The van der Waals surface area contributed by atoms with Crippen LogP contribution >= 0.6 is 0 Å². The van der Waals surface area contributed by atoms with E-state index in [0.29, 0.717) is 12.2 Å². The Morgan fingerprint density at radius 2 is 1.89 bits per heavy atom. The van der Waals surface area contributed by atoms with Crippen LogP contribution in [-0.4, -0.2) is 6.61 Å². The smallest absolute Gasteiger partial charge is 0.119 e. The summed E-state index contributed by atoms with van der Waals surface area (Å²) < 4.78 is 5.70. The van der Waals surface area contributed by atoms with E-state index in [9.17, 15) is 0 Å². The maximum Gasteiger partial charge on any atom is 0.119 e. The van der Waals surface area contributed by atoms with E-state index in [1.807, 2.05) is 31.2 Å². The minimum absolute atomic E-state index is 0.695. The van der Waals surface area contributed by atoms with Crippen molar-refractivity contribution in [3.63, 3.8) is 0 Å². The summed E-state index contributed by atoms with van der Waals surface area (Å²) in [5.41, 5.74) is 3.00. The van der Waals surface area contributed by atoms with Crippen molar-refractivity contribution in [3.05, 3.63) is 65.2 Å². The molecule has 19 heavy (non-hydrogen) atoms. The molecule has 0 aromatic heterocycles. The van der Waals surface area contributed by atoms with E-state index in [2.05, 4.69) is 30.3 Å². The third-order valence-electron chi connectivity index (χ3n) is 3.04. The van der Waals surface area contributed by atoms with Crippen LogP contribution in [0.3, 0.4) is 0 Å². The zero-order valence-electron chi connectivity index (χ0n) is 11.1. The van der Waals surface area contributed by atoms with Crippen molar-refractivity contribution >= 4 is 0 Å². The lowest BCUT2D eigenvalue weighted by molar-refractivity contribution is 0.311. The molecule has 2 heteroatoms. The molecule has 0 spiro atoms. The Morgan fingerprint density at radius 1 is 1.11 bits per heavy atom. The second kappa shape index (κ2) is 6.61. The van der Waals surface area contributed by atoms with Gasteiger partial charge in [0.05, 0.1) is 18.2 Å². The second-order valence-corrected chi connectivity index (χ2v) is 4.53. The molecule has 0 amide bonds. The van der Waals surface area contributed by atoms with Gasteiger partial charge in [-0.3, -0.25) is 0 Å². The molecule has 0 heterocycles. The zero-order valence-corrected chi connectivity index (χ0v) is 11.1. The molecule has 0 radical (unpaired) electrons. The van der Waals surface area contributed by atoms with Gasteiger partial charge in [0.1, 0.15) is 5.75 Å². The summed E-state index contributed by atoms with van der Waals surface area (Å²) >= 11 is 0. The van der Waals surface area contributed by atoms with Crippen LogP contribution in [0.1, 0.15) is 23.1 Å². The summed E-state index contributed by atoms with van der Waals surface area (Å²) in [5.74, 6) is 0.838. The van der Waals surface area contributed by atoms with Crippen molar-refractivity contribution in [1.82, 2.24) is 0 Å². The van der Waals surface area contributed by atoms with Crippen molar-refractivity contribution in [3.8, 4) is 11.8 Å². The summed E-state index contributed by atoms with van der Waals surface area (Å²) in [5, 5.41) is 8.86. The first kappa shape index (κ1) is 13.2. The van der Waals surface area contributed by atoms with Gasteiger partial charge >= 0.3 is 0 Å². The Kier molecular flexibility index (Phi) is 4.58. The van der Waals surface area contributed by atoms with Crippen molar-refractivity contribution < 1.29 is 4.74 Å². The average Bonchev–Trinajstić information content (AvgIpc) is 2.45. The van der Waals surface area contributed by atoms with Crippen molar-refractivity contribution in [2.75, 3.05) is 6.61 Å². The van der Waals surface area contributed by atoms with Gasteiger partial charge in [-0.05, 0) is 49.1 Å². The van der Waals surface area contributed by atoms with Crippen LogP contribution in [0.2, 0.25) is 0 Å². The topological polar surface area (TPSA) is 33.0 Å². The molecule has 96 valence electrons. The number of nitriles is 1. The molecule has 2 nitrogen and oxygen atoms in total. The predicted octanol–water partition coefficient (Wildman–Crippen LogP) is 3.88. The zero-order chi connectivity index (χ0) is 13.5. The van der Waals surface area contributed by atoms with Gasteiger partial charge in [-0.25, -0.2) is 0 Å². The van der Waals surface area contributed by atoms with E-state index >= 15 is 0 Å². The highest BCUT2D eigenvalue weighted by Crippen LogP contribution is 2.17. The van der Waals surface area contributed by atoms with E-state index in [4.69, 9.17) is 10.00 Å². The normalized spacial score (nSPS) is 9.89. The van der Waals surface area contributed by atoms with Gasteiger partial charge in [0.2, 0.25) is 0 Å². The van der Waals surface area contributed by atoms with Crippen LogP contribution in [0.15, 0.2) is 48.5 Å². The minimum atomic E-state index is 0.695. The molecule has 2 aromatic carbocycles. The van der Waals surface area contributed by atoms with E-state index in [1.165, 1.54) is 5.56 Å². The first-order chi connectivity index (χ1) is 9.29. The molecule has 0 aliphatic carbocycles. The van der Waals surface area contributed by atoms with Crippen LogP contribution in [0.4, 0.5) is 0 Å². The Bertz CT molecular complexity index is 570. The van der Waals surface area contributed by atoms with Gasteiger partial charge in [-0.15, -0.1) is 0 Å². The molecule has 0 atom stereocenters.